The summed E-state index contributed by atoms with van der Waals surface area (Å²) in [7, 11) is -3.71. The molecule has 6 heteroatoms. The van der Waals surface area contributed by atoms with E-state index in [1.807, 2.05) is 0 Å². The Morgan fingerprint density at radius 3 is 2.45 bits per heavy atom. The van der Waals surface area contributed by atoms with Gasteiger partial charge in [-0.2, -0.15) is 0 Å². The molecule has 0 spiro atoms. The second-order valence-corrected chi connectivity index (χ2v) is 6.88. The van der Waals surface area contributed by atoms with Crippen LogP contribution in [0.25, 0.3) is 0 Å². The summed E-state index contributed by atoms with van der Waals surface area (Å²) < 4.78 is 22.6. The molecule has 1 aromatic carbocycles. The molecule has 0 atom stereocenters. The van der Waals surface area contributed by atoms with E-state index in [4.69, 9.17) is 5.14 Å². The van der Waals surface area contributed by atoms with E-state index in [-0.39, 0.29) is 16.7 Å². The first-order chi connectivity index (χ1) is 9.38. The Morgan fingerprint density at radius 1 is 1.25 bits per heavy atom. The highest BCUT2D eigenvalue weighted by molar-refractivity contribution is 7.89. The molecule has 1 aliphatic carbocycles. The van der Waals surface area contributed by atoms with Crippen LogP contribution in [0, 0.1) is 12.8 Å². The third kappa shape index (κ3) is 3.58. The van der Waals surface area contributed by atoms with Crippen molar-refractivity contribution in [1.82, 2.24) is 0 Å². The van der Waals surface area contributed by atoms with Gasteiger partial charge in [0.1, 0.15) is 0 Å². The van der Waals surface area contributed by atoms with Gasteiger partial charge >= 0.3 is 0 Å². The van der Waals surface area contributed by atoms with E-state index < -0.39 is 10.0 Å². The number of carbonyl (C=O) groups excluding carboxylic acids is 1. The van der Waals surface area contributed by atoms with Crippen LogP contribution < -0.4 is 10.5 Å². The van der Waals surface area contributed by atoms with Crippen LogP contribution in [-0.2, 0) is 14.8 Å². The number of benzene rings is 1. The van der Waals surface area contributed by atoms with Crippen LogP contribution in [0.1, 0.15) is 37.7 Å². The Balaban J connectivity index is 2.10. The third-order valence-electron chi connectivity index (χ3n) is 3.72. The molecule has 1 fully saturated rings. The molecule has 2 rings (SSSR count). The average molecular weight is 296 g/mol. The van der Waals surface area contributed by atoms with Crippen molar-refractivity contribution in [3.63, 3.8) is 0 Å². The summed E-state index contributed by atoms with van der Waals surface area (Å²) >= 11 is 0. The summed E-state index contributed by atoms with van der Waals surface area (Å²) in [6.07, 6.45) is 5.26. The fraction of sp³-hybridized carbons (Fsp3) is 0.500. The van der Waals surface area contributed by atoms with Crippen molar-refractivity contribution >= 4 is 21.6 Å². The largest absolute Gasteiger partial charge is 0.326 e. The zero-order chi connectivity index (χ0) is 14.8. The number of anilines is 1. The summed E-state index contributed by atoms with van der Waals surface area (Å²) in [4.78, 5) is 12.2. The fourth-order valence-electron chi connectivity index (χ4n) is 2.66. The van der Waals surface area contributed by atoms with E-state index in [1.54, 1.807) is 19.1 Å². The van der Waals surface area contributed by atoms with Crippen molar-refractivity contribution in [3.8, 4) is 0 Å². The van der Waals surface area contributed by atoms with Gasteiger partial charge in [0.15, 0.2) is 0 Å². The first-order valence-corrected chi connectivity index (χ1v) is 8.37. The molecule has 1 saturated carbocycles. The number of amides is 1. The van der Waals surface area contributed by atoms with Crippen LogP contribution in [0.15, 0.2) is 23.1 Å². The van der Waals surface area contributed by atoms with Crippen molar-refractivity contribution in [3.05, 3.63) is 23.8 Å². The zero-order valence-corrected chi connectivity index (χ0v) is 12.4. The predicted octanol–water partition coefficient (Wildman–Crippen LogP) is 2.16. The van der Waals surface area contributed by atoms with Gasteiger partial charge in [-0.05, 0) is 43.5 Å². The lowest BCUT2D eigenvalue weighted by Crippen LogP contribution is -2.24. The first kappa shape index (κ1) is 15.0. The number of primary sulfonamides is 1. The van der Waals surface area contributed by atoms with Crippen LogP contribution in [0.4, 0.5) is 5.69 Å². The van der Waals surface area contributed by atoms with E-state index in [1.165, 1.54) is 12.5 Å². The maximum Gasteiger partial charge on any atom is 0.238 e. The van der Waals surface area contributed by atoms with Crippen LogP contribution in [0.5, 0.6) is 0 Å². The van der Waals surface area contributed by atoms with Gasteiger partial charge in [-0.25, -0.2) is 13.6 Å². The molecule has 0 heterocycles. The lowest BCUT2D eigenvalue weighted by atomic mass is 9.88. The molecule has 0 aromatic heterocycles. The highest BCUT2D eigenvalue weighted by Gasteiger charge is 2.21. The SMILES string of the molecule is Cc1cc(NC(=O)C2CCCCC2)ccc1S(N)(=O)=O. The quantitative estimate of drug-likeness (QED) is 0.895. The molecule has 0 unspecified atom stereocenters. The van der Waals surface area contributed by atoms with Crippen LogP contribution in [-0.4, -0.2) is 14.3 Å². The molecule has 1 aromatic rings. The van der Waals surface area contributed by atoms with Gasteiger partial charge in [0, 0.05) is 11.6 Å². The van der Waals surface area contributed by atoms with Crippen molar-refractivity contribution in [2.45, 2.75) is 43.9 Å². The predicted molar refractivity (Wildman–Crippen MR) is 77.8 cm³/mol. The minimum atomic E-state index is -3.71. The van der Waals surface area contributed by atoms with Crippen molar-refractivity contribution in [2.75, 3.05) is 5.32 Å². The highest BCUT2D eigenvalue weighted by atomic mass is 32.2. The van der Waals surface area contributed by atoms with E-state index in [0.29, 0.717) is 11.3 Å². The van der Waals surface area contributed by atoms with E-state index in [0.717, 1.165) is 25.7 Å². The van der Waals surface area contributed by atoms with Gasteiger partial charge in [-0.3, -0.25) is 4.79 Å². The van der Waals surface area contributed by atoms with Crippen LogP contribution in [0.3, 0.4) is 0 Å². The molecule has 110 valence electrons. The molecule has 5 nitrogen and oxygen atoms in total. The van der Waals surface area contributed by atoms with E-state index in [9.17, 15) is 13.2 Å². The Labute approximate surface area is 119 Å². The van der Waals surface area contributed by atoms with Gasteiger partial charge < -0.3 is 5.32 Å². The second kappa shape index (κ2) is 5.93. The fourth-order valence-corrected chi connectivity index (χ4v) is 3.42. The number of nitrogens with one attached hydrogen (secondary N) is 1. The van der Waals surface area contributed by atoms with Crippen molar-refractivity contribution < 1.29 is 13.2 Å². The summed E-state index contributed by atoms with van der Waals surface area (Å²) in [6.45, 7) is 1.66. The number of carbonyl (C=O) groups is 1. The Morgan fingerprint density at radius 2 is 1.90 bits per heavy atom. The number of sulfonamides is 1. The molecule has 0 saturated heterocycles. The Hall–Kier alpha value is -1.40. The Bertz CT molecular complexity index is 605. The lowest BCUT2D eigenvalue weighted by molar-refractivity contribution is -0.120. The summed E-state index contributed by atoms with van der Waals surface area (Å²) in [6, 6.07) is 4.65. The first-order valence-electron chi connectivity index (χ1n) is 6.82. The maximum absolute atomic E-state index is 12.1. The number of hydrogen-bond donors (Lipinski definition) is 2. The zero-order valence-electron chi connectivity index (χ0n) is 11.6. The number of aryl methyl sites for hydroxylation is 1. The molecule has 0 radical (unpaired) electrons. The molecule has 3 N–H and O–H groups in total. The van der Waals surface area contributed by atoms with Crippen molar-refractivity contribution in [1.29, 1.82) is 0 Å². The van der Waals surface area contributed by atoms with Gasteiger partial charge in [-0.15, -0.1) is 0 Å². The maximum atomic E-state index is 12.1. The van der Waals surface area contributed by atoms with Gasteiger partial charge in [0.05, 0.1) is 4.90 Å². The number of hydrogen-bond acceptors (Lipinski definition) is 3. The number of nitrogens with two attached hydrogens (primary N) is 1. The molecule has 20 heavy (non-hydrogen) atoms. The van der Waals surface area contributed by atoms with E-state index in [2.05, 4.69) is 5.32 Å². The molecule has 0 bridgehead atoms. The third-order valence-corrected chi connectivity index (χ3v) is 4.80. The Kier molecular flexibility index (Phi) is 4.45. The van der Waals surface area contributed by atoms with Gasteiger partial charge in [0.25, 0.3) is 0 Å². The number of rotatable bonds is 3. The van der Waals surface area contributed by atoms with Crippen LogP contribution >= 0.6 is 0 Å². The summed E-state index contributed by atoms with van der Waals surface area (Å²) in [5.41, 5.74) is 1.15. The molecular weight excluding hydrogens is 276 g/mol. The second-order valence-electron chi connectivity index (χ2n) is 5.35. The van der Waals surface area contributed by atoms with Gasteiger partial charge in [-0.1, -0.05) is 19.3 Å². The lowest BCUT2D eigenvalue weighted by Gasteiger charge is -2.21. The standard InChI is InChI=1S/C14H20N2O3S/c1-10-9-12(7-8-13(10)20(15,18)19)16-14(17)11-5-3-2-4-6-11/h7-9,11H,2-6H2,1H3,(H,16,17)(H2,15,18,19). The average Bonchev–Trinajstić information content (AvgIpc) is 2.38. The molecule has 0 aliphatic heterocycles. The minimum absolute atomic E-state index is 0.0208. The van der Waals surface area contributed by atoms with E-state index >= 15 is 0 Å². The molecule has 1 aliphatic rings. The summed E-state index contributed by atoms with van der Waals surface area (Å²) in [5, 5.41) is 7.97. The molecular formula is C14H20N2O3S. The summed E-state index contributed by atoms with van der Waals surface area (Å²) in [5.74, 6) is 0.0921. The minimum Gasteiger partial charge on any atom is -0.326 e. The normalized spacial score (nSPS) is 16.9. The molecule has 1 amide bonds. The van der Waals surface area contributed by atoms with Gasteiger partial charge in [0.2, 0.25) is 15.9 Å². The topological polar surface area (TPSA) is 89.3 Å². The highest BCUT2D eigenvalue weighted by Crippen LogP contribution is 2.25. The smallest absolute Gasteiger partial charge is 0.238 e. The van der Waals surface area contributed by atoms with Crippen LogP contribution in [0.2, 0.25) is 0 Å². The van der Waals surface area contributed by atoms with Crippen molar-refractivity contribution in [2.24, 2.45) is 11.1 Å². The monoisotopic (exact) mass is 296 g/mol.